The van der Waals surface area contributed by atoms with Crippen LogP contribution in [0.25, 0.3) is 0 Å². The number of hydrogen-bond acceptors (Lipinski definition) is 5. The molecule has 0 atom stereocenters. The molecule has 2 rings (SSSR count). The smallest absolute Gasteiger partial charge is 0.223 e. The van der Waals surface area contributed by atoms with Gasteiger partial charge in [0.1, 0.15) is 0 Å². The number of anilines is 1. The molecule has 0 saturated heterocycles. The van der Waals surface area contributed by atoms with E-state index in [0.29, 0.717) is 16.0 Å². The van der Waals surface area contributed by atoms with Crippen LogP contribution in [0, 0.1) is 0 Å². The van der Waals surface area contributed by atoms with Crippen LogP contribution in [0.1, 0.15) is 12.5 Å². The van der Waals surface area contributed by atoms with Crippen molar-refractivity contribution in [3.8, 4) is 0 Å². The Bertz CT molecular complexity index is 559. The molecule has 2 aromatic rings. The number of amides is 1. The van der Waals surface area contributed by atoms with E-state index >= 15 is 0 Å². The summed E-state index contributed by atoms with van der Waals surface area (Å²) in [6.07, 6.45) is 0. The third-order valence-electron chi connectivity index (χ3n) is 2.00. The summed E-state index contributed by atoms with van der Waals surface area (Å²) < 4.78 is 4.15. The van der Waals surface area contributed by atoms with E-state index in [1.807, 2.05) is 24.3 Å². The fraction of sp³-hybridized carbons (Fsp3) is 0.182. The summed E-state index contributed by atoms with van der Waals surface area (Å²) in [4.78, 5) is 15.0. The van der Waals surface area contributed by atoms with Gasteiger partial charge in [-0.05, 0) is 11.6 Å². The molecule has 4 nitrogen and oxygen atoms in total. The standard InChI is InChI=1S/C11H10ClN3OS2/c1-7(16)13-10-14-11(15-18-10)17-6-8-4-2-3-5-9(8)12/h2-5H,6H2,1H3,(H,13,14,15,16). The minimum atomic E-state index is -0.145. The number of carbonyl (C=O) groups is 1. The molecule has 0 aliphatic heterocycles. The van der Waals surface area contributed by atoms with E-state index < -0.39 is 0 Å². The Balaban J connectivity index is 1.96. The fourth-order valence-corrected chi connectivity index (χ4v) is 3.10. The molecule has 1 N–H and O–H groups in total. The maximum absolute atomic E-state index is 10.8. The van der Waals surface area contributed by atoms with Gasteiger partial charge in [0.05, 0.1) is 0 Å². The lowest BCUT2D eigenvalue weighted by atomic mass is 10.2. The molecule has 0 aliphatic rings. The minimum absolute atomic E-state index is 0.145. The number of aromatic nitrogens is 2. The Morgan fingerprint density at radius 3 is 3.00 bits per heavy atom. The Morgan fingerprint density at radius 1 is 1.50 bits per heavy atom. The molecule has 1 heterocycles. The minimum Gasteiger partial charge on any atom is -0.301 e. The highest BCUT2D eigenvalue weighted by Gasteiger charge is 2.07. The first kappa shape index (κ1) is 13.3. The van der Waals surface area contributed by atoms with Crippen LogP contribution < -0.4 is 5.32 Å². The summed E-state index contributed by atoms with van der Waals surface area (Å²) in [5.74, 6) is 0.560. The monoisotopic (exact) mass is 299 g/mol. The van der Waals surface area contributed by atoms with Gasteiger partial charge in [-0.25, -0.2) is 0 Å². The molecule has 18 heavy (non-hydrogen) atoms. The van der Waals surface area contributed by atoms with Crippen molar-refractivity contribution in [1.29, 1.82) is 0 Å². The number of rotatable bonds is 4. The van der Waals surface area contributed by atoms with Crippen LogP contribution in [0.2, 0.25) is 5.02 Å². The van der Waals surface area contributed by atoms with Crippen LogP contribution in [0.3, 0.4) is 0 Å². The topological polar surface area (TPSA) is 54.9 Å². The number of halogens is 1. The van der Waals surface area contributed by atoms with Crippen molar-refractivity contribution >= 4 is 45.9 Å². The molecular weight excluding hydrogens is 290 g/mol. The van der Waals surface area contributed by atoms with Gasteiger partial charge in [-0.2, -0.15) is 9.36 Å². The van der Waals surface area contributed by atoms with E-state index in [-0.39, 0.29) is 5.91 Å². The van der Waals surface area contributed by atoms with Crippen molar-refractivity contribution in [2.24, 2.45) is 0 Å². The zero-order valence-corrected chi connectivity index (χ0v) is 11.9. The third-order valence-corrected chi connectivity index (χ3v) is 4.02. The van der Waals surface area contributed by atoms with Gasteiger partial charge < -0.3 is 5.32 Å². The summed E-state index contributed by atoms with van der Waals surface area (Å²) in [5.41, 5.74) is 1.04. The third kappa shape index (κ3) is 3.69. The van der Waals surface area contributed by atoms with Crippen molar-refractivity contribution in [2.45, 2.75) is 17.8 Å². The SMILES string of the molecule is CC(=O)Nc1nc(SCc2ccccc2Cl)ns1. The number of hydrogen-bond donors (Lipinski definition) is 1. The van der Waals surface area contributed by atoms with Gasteiger partial charge in [0.2, 0.25) is 16.2 Å². The second-order valence-corrected chi connectivity index (χ2v) is 5.54. The zero-order chi connectivity index (χ0) is 13.0. The van der Waals surface area contributed by atoms with Gasteiger partial charge in [-0.15, -0.1) is 0 Å². The number of nitrogens with one attached hydrogen (secondary N) is 1. The summed E-state index contributed by atoms with van der Waals surface area (Å²) in [6, 6.07) is 7.66. The predicted octanol–water partition coefficient (Wildman–Crippen LogP) is 3.44. The summed E-state index contributed by atoms with van der Waals surface area (Å²) >= 11 is 8.71. The lowest BCUT2D eigenvalue weighted by molar-refractivity contribution is -0.114. The first-order valence-electron chi connectivity index (χ1n) is 5.12. The van der Waals surface area contributed by atoms with E-state index in [1.54, 1.807) is 0 Å². The lowest BCUT2D eigenvalue weighted by Gasteiger charge is -2.00. The maximum Gasteiger partial charge on any atom is 0.223 e. The zero-order valence-electron chi connectivity index (χ0n) is 9.51. The van der Waals surface area contributed by atoms with Crippen molar-refractivity contribution in [1.82, 2.24) is 9.36 Å². The quantitative estimate of drug-likeness (QED) is 0.879. The average Bonchev–Trinajstić information content (AvgIpc) is 2.75. The molecule has 0 saturated carbocycles. The predicted molar refractivity (Wildman–Crippen MR) is 75.2 cm³/mol. The molecule has 0 bridgehead atoms. The van der Waals surface area contributed by atoms with E-state index in [9.17, 15) is 4.79 Å². The van der Waals surface area contributed by atoms with Crippen LogP contribution in [0.4, 0.5) is 5.13 Å². The number of benzene rings is 1. The first-order chi connectivity index (χ1) is 8.65. The molecule has 0 fully saturated rings. The molecule has 0 spiro atoms. The molecule has 0 aliphatic carbocycles. The van der Waals surface area contributed by atoms with Gasteiger partial charge in [0.25, 0.3) is 0 Å². The van der Waals surface area contributed by atoms with Crippen LogP contribution in [0.15, 0.2) is 29.4 Å². The molecule has 1 aromatic heterocycles. The van der Waals surface area contributed by atoms with Gasteiger partial charge in [0, 0.05) is 29.2 Å². The Kier molecular flexibility index (Phi) is 4.57. The van der Waals surface area contributed by atoms with Crippen molar-refractivity contribution in [3.63, 3.8) is 0 Å². The highest BCUT2D eigenvalue weighted by molar-refractivity contribution is 7.98. The van der Waals surface area contributed by atoms with Crippen LogP contribution >= 0.6 is 34.9 Å². The van der Waals surface area contributed by atoms with Crippen molar-refractivity contribution < 1.29 is 4.79 Å². The number of thioether (sulfide) groups is 1. The lowest BCUT2D eigenvalue weighted by Crippen LogP contribution is -2.04. The second-order valence-electron chi connectivity index (χ2n) is 3.44. The summed E-state index contributed by atoms with van der Waals surface area (Å²) in [5, 5.41) is 4.50. The molecular formula is C11H10ClN3OS2. The largest absolute Gasteiger partial charge is 0.301 e. The van der Waals surface area contributed by atoms with E-state index in [1.165, 1.54) is 30.2 Å². The Labute approximate surface area is 118 Å². The highest BCUT2D eigenvalue weighted by Crippen LogP contribution is 2.26. The molecule has 0 unspecified atom stereocenters. The molecule has 1 amide bonds. The van der Waals surface area contributed by atoms with Crippen LogP contribution in [-0.4, -0.2) is 15.3 Å². The Hall–Kier alpha value is -1.11. The van der Waals surface area contributed by atoms with Gasteiger partial charge in [-0.1, -0.05) is 41.6 Å². The first-order valence-corrected chi connectivity index (χ1v) is 7.26. The molecule has 7 heteroatoms. The fourth-order valence-electron chi connectivity index (χ4n) is 1.23. The van der Waals surface area contributed by atoms with Crippen LogP contribution in [0.5, 0.6) is 0 Å². The number of nitrogens with zero attached hydrogens (tertiary/aromatic N) is 2. The van der Waals surface area contributed by atoms with Gasteiger partial charge >= 0.3 is 0 Å². The molecule has 0 radical (unpaired) electrons. The van der Waals surface area contributed by atoms with E-state index in [4.69, 9.17) is 11.6 Å². The maximum atomic E-state index is 10.8. The van der Waals surface area contributed by atoms with Crippen molar-refractivity contribution in [2.75, 3.05) is 5.32 Å². The van der Waals surface area contributed by atoms with Gasteiger partial charge in [-0.3, -0.25) is 4.79 Å². The Morgan fingerprint density at radius 2 is 2.28 bits per heavy atom. The average molecular weight is 300 g/mol. The molecule has 94 valence electrons. The van der Waals surface area contributed by atoms with E-state index in [0.717, 1.165) is 10.6 Å². The highest BCUT2D eigenvalue weighted by atomic mass is 35.5. The van der Waals surface area contributed by atoms with Gasteiger partial charge in [0.15, 0.2) is 0 Å². The summed E-state index contributed by atoms with van der Waals surface area (Å²) in [6.45, 7) is 1.44. The van der Waals surface area contributed by atoms with E-state index in [2.05, 4.69) is 14.7 Å². The molecule has 1 aromatic carbocycles. The summed E-state index contributed by atoms with van der Waals surface area (Å²) in [7, 11) is 0. The van der Waals surface area contributed by atoms with Crippen LogP contribution in [-0.2, 0) is 10.5 Å². The number of carbonyl (C=O) groups excluding carboxylic acids is 1. The second kappa shape index (κ2) is 6.17. The van der Waals surface area contributed by atoms with Crippen molar-refractivity contribution in [3.05, 3.63) is 34.9 Å². The normalized spacial score (nSPS) is 10.3.